The quantitative estimate of drug-likeness (QED) is 0.857. The highest BCUT2D eigenvalue weighted by atomic mass is 35.5. The molecule has 0 amide bonds. The Bertz CT molecular complexity index is 557. The van der Waals surface area contributed by atoms with E-state index in [-0.39, 0.29) is 18.4 Å². The van der Waals surface area contributed by atoms with Crippen molar-refractivity contribution in [2.75, 3.05) is 18.5 Å². The van der Waals surface area contributed by atoms with Crippen molar-refractivity contribution in [1.29, 1.82) is 0 Å². The fourth-order valence-electron chi connectivity index (χ4n) is 1.83. The Hall–Kier alpha value is -1.59. The maximum absolute atomic E-state index is 9.51. The summed E-state index contributed by atoms with van der Waals surface area (Å²) in [7, 11) is 0. The minimum Gasteiger partial charge on any atom is -0.396 e. The highest BCUT2D eigenvalue weighted by Gasteiger charge is 2.15. The summed E-state index contributed by atoms with van der Waals surface area (Å²) in [5.41, 5.74) is 0.896. The van der Waals surface area contributed by atoms with Gasteiger partial charge in [0.25, 0.3) is 0 Å². The van der Waals surface area contributed by atoms with Crippen LogP contribution < -0.4 is 5.32 Å². The minimum absolute atomic E-state index is 0.0120. The maximum atomic E-state index is 9.51. The van der Waals surface area contributed by atoms with E-state index >= 15 is 0 Å². The number of halogens is 1. The monoisotopic (exact) mass is 295 g/mol. The number of anilines is 1. The van der Waals surface area contributed by atoms with Crippen LogP contribution in [0.15, 0.2) is 28.8 Å². The lowest BCUT2D eigenvalue weighted by molar-refractivity contribution is 0.269. The van der Waals surface area contributed by atoms with Gasteiger partial charge in [0.05, 0.1) is 6.61 Å². The summed E-state index contributed by atoms with van der Waals surface area (Å²) in [6, 6.07) is 7.83. The third kappa shape index (κ3) is 3.49. The van der Waals surface area contributed by atoms with Gasteiger partial charge < -0.3 is 14.9 Å². The summed E-state index contributed by atoms with van der Waals surface area (Å²) < 4.78 is 5.10. The van der Waals surface area contributed by atoms with Gasteiger partial charge in [0.15, 0.2) is 5.82 Å². The molecule has 0 aliphatic heterocycles. The highest BCUT2D eigenvalue weighted by molar-refractivity contribution is 6.31. The summed E-state index contributed by atoms with van der Waals surface area (Å²) in [5.74, 6) is 0.746. The second-order valence-corrected chi connectivity index (χ2v) is 5.30. The zero-order valence-corrected chi connectivity index (χ0v) is 12.3. The predicted molar refractivity (Wildman–Crippen MR) is 78.2 cm³/mol. The van der Waals surface area contributed by atoms with Crippen molar-refractivity contribution < 1.29 is 9.63 Å². The summed E-state index contributed by atoms with van der Waals surface area (Å²) in [6.45, 7) is 4.45. The third-order valence-corrected chi connectivity index (χ3v) is 3.37. The molecule has 0 saturated carbocycles. The number of aliphatic hydroxyl groups is 1. The van der Waals surface area contributed by atoms with E-state index in [4.69, 9.17) is 16.1 Å². The topological polar surface area (TPSA) is 71.2 Å². The Morgan fingerprint density at radius 1 is 1.35 bits per heavy atom. The molecular formula is C14H18ClN3O2. The first-order chi connectivity index (χ1) is 9.61. The molecule has 20 heavy (non-hydrogen) atoms. The SMILES string of the molecule is CC(C)c1noc(NCC(CO)c2ccccc2Cl)n1. The molecule has 2 aromatic rings. The van der Waals surface area contributed by atoms with Crippen molar-refractivity contribution in [2.45, 2.75) is 25.7 Å². The van der Waals surface area contributed by atoms with E-state index in [0.29, 0.717) is 23.4 Å². The smallest absolute Gasteiger partial charge is 0.321 e. The zero-order valence-electron chi connectivity index (χ0n) is 11.5. The molecule has 0 fully saturated rings. The van der Waals surface area contributed by atoms with Crippen LogP contribution in [0.5, 0.6) is 0 Å². The Labute approximate surface area is 123 Å². The van der Waals surface area contributed by atoms with Crippen LogP contribution >= 0.6 is 11.6 Å². The fraction of sp³-hybridized carbons (Fsp3) is 0.429. The molecule has 1 heterocycles. The lowest BCUT2D eigenvalue weighted by atomic mass is 10.00. The number of rotatable bonds is 6. The number of hydrogen-bond donors (Lipinski definition) is 2. The highest BCUT2D eigenvalue weighted by Crippen LogP contribution is 2.24. The van der Waals surface area contributed by atoms with Crippen LogP contribution in [0.1, 0.15) is 37.1 Å². The van der Waals surface area contributed by atoms with Crippen molar-refractivity contribution in [1.82, 2.24) is 10.1 Å². The molecule has 0 aliphatic carbocycles. The molecule has 0 bridgehead atoms. The molecule has 0 aliphatic rings. The molecule has 1 atom stereocenters. The first kappa shape index (κ1) is 14.8. The standard InChI is InChI=1S/C14H18ClN3O2/c1-9(2)13-17-14(20-18-13)16-7-10(8-19)11-5-3-4-6-12(11)15/h3-6,9-10,19H,7-8H2,1-2H3,(H,16,17,18). The fourth-order valence-corrected chi connectivity index (χ4v) is 2.12. The normalized spacial score (nSPS) is 12.7. The Morgan fingerprint density at radius 3 is 2.70 bits per heavy atom. The average Bonchev–Trinajstić information content (AvgIpc) is 2.90. The average molecular weight is 296 g/mol. The van der Waals surface area contributed by atoms with E-state index in [2.05, 4.69) is 15.5 Å². The number of nitrogens with zero attached hydrogens (tertiary/aromatic N) is 2. The van der Waals surface area contributed by atoms with Gasteiger partial charge in [-0.3, -0.25) is 0 Å². The molecule has 2 N–H and O–H groups in total. The van der Waals surface area contributed by atoms with Gasteiger partial charge in [-0.05, 0) is 11.6 Å². The van der Waals surface area contributed by atoms with Crippen LogP contribution in [0.25, 0.3) is 0 Å². The van der Waals surface area contributed by atoms with Crippen LogP contribution in [-0.2, 0) is 0 Å². The van der Waals surface area contributed by atoms with E-state index < -0.39 is 0 Å². The van der Waals surface area contributed by atoms with Gasteiger partial charge in [-0.2, -0.15) is 4.98 Å². The van der Waals surface area contributed by atoms with Gasteiger partial charge in [0, 0.05) is 23.4 Å². The lowest BCUT2D eigenvalue weighted by Crippen LogP contribution is -2.16. The number of benzene rings is 1. The van der Waals surface area contributed by atoms with Crippen molar-refractivity contribution in [3.05, 3.63) is 40.7 Å². The van der Waals surface area contributed by atoms with Crippen LogP contribution in [0, 0.1) is 0 Å². The van der Waals surface area contributed by atoms with Gasteiger partial charge in [0.2, 0.25) is 0 Å². The molecule has 2 rings (SSSR count). The van der Waals surface area contributed by atoms with Crippen molar-refractivity contribution in [3.63, 3.8) is 0 Å². The van der Waals surface area contributed by atoms with Gasteiger partial charge in [0.1, 0.15) is 0 Å². The van der Waals surface area contributed by atoms with E-state index in [0.717, 1.165) is 5.56 Å². The molecule has 108 valence electrons. The molecule has 1 unspecified atom stereocenters. The summed E-state index contributed by atoms with van der Waals surface area (Å²) in [6.07, 6.45) is 0. The zero-order chi connectivity index (χ0) is 14.5. The molecule has 5 nitrogen and oxygen atoms in total. The lowest BCUT2D eigenvalue weighted by Gasteiger charge is -2.15. The van der Waals surface area contributed by atoms with E-state index in [1.54, 1.807) is 0 Å². The van der Waals surface area contributed by atoms with Crippen molar-refractivity contribution >= 4 is 17.6 Å². The van der Waals surface area contributed by atoms with Gasteiger partial charge in [-0.15, -0.1) is 0 Å². The summed E-state index contributed by atoms with van der Waals surface area (Å²) >= 11 is 6.13. The summed E-state index contributed by atoms with van der Waals surface area (Å²) in [5, 5.41) is 17.1. The van der Waals surface area contributed by atoms with Crippen LogP contribution in [-0.4, -0.2) is 28.4 Å². The number of aliphatic hydroxyl groups excluding tert-OH is 1. The van der Waals surface area contributed by atoms with Gasteiger partial charge >= 0.3 is 6.01 Å². The molecule has 6 heteroatoms. The van der Waals surface area contributed by atoms with Gasteiger partial charge in [-0.25, -0.2) is 0 Å². The second-order valence-electron chi connectivity index (χ2n) is 4.89. The first-order valence-electron chi connectivity index (χ1n) is 6.54. The van der Waals surface area contributed by atoms with Gasteiger partial charge in [-0.1, -0.05) is 48.8 Å². The Morgan fingerprint density at radius 2 is 2.10 bits per heavy atom. The number of aromatic nitrogens is 2. The van der Waals surface area contributed by atoms with Crippen LogP contribution in [0.3, 0.4) is 0 Å². The summed E-state index contributed by atoms with van der Waals surface area (Å²) in [4.78, 5) is 4.23. The maximum Gasteiger partial charge on any atom is 0.321 e. The number of nitrogens with one attached hydrogen (secondary N) is 1. The molecule has 1 aromatic heterocycles. The minimum atomic E-state index is -0.127. The Kier molecular flexibility index (Phi) is 4.98. The predicted octanol–water partition coefficient (Wildman–Crippen LogP) is 3.03. The largest absolute Gasteiger partial charge is 0.396 e. The Balaban J connectivity index is 2.02. The van der Waals surface area contributed by atoms with E-state index in [9.17, 15) is 5.11 Å². The van der Waals surface area contributed by atoms with Crippen LogP contribution in [0.2, 0.25) is 5.02 Å². The van der Waals surface area contributed by atoms with Crippen molar-refractivity contribution in [3.8, 4) is 0 Å². The van der Waals surface area contributed by atoms with Crippen LogP contribution in [0.4, 0.5) is 6.01 Å². The first-order valence-corrected chi connectivity index (χ1v) is 6.92. The number of hydrogen-bond acceptors (Lipinski definition) is 5. The molecule has 0 saturated heterocycles. The second kappa shape index (κ2) is 6.72. The van der Waals surface area contributed by atoms with E-state index in [1.165, 1.54) is 0 Å². The molecule has 0 radical (unpaired) electrons. The third-order valence-electron chi connectivity index (χ3n) is 3.02. The molecule has 1 aromatic carbocycles. The molecular weight excluding hydrogens is 278 g/mol. The van der Waals surface area contributed by atoms with E-state index in [1.807, 2.05) is 38.1 Å². The van der Waals surface area contributed by atoms with Crippen molar-refractivity contribution in [2.24, 2.45) is 0 Å². The molecule has 0 spiro atoms.